The van der Waals surface area contributed by atoms with Crippen LogP contribution in [0.15, 0.2) is 18.2 Å². The van der Waals surface area contributed by atoms with Gasteiger partial charge in [-0.2, -0.15) is 0 Å². The number of benzene rings is 1. The van der Waals surface area contributed by atoms with Gasteiger partial charge in [-0.3, -0.25) is 4.79 Å². The molecule has 0 aliphatic rings. The van der Waals surface area contributed by atoms with E-state index < -0.39 is 24.6 Å². The Morgan fingerprint density at radius 1 is 1.32 bits per heavy atom. The number of carboxylic acid groups (broad SMARTS) is 1. The second-order valence-corrected chi connectivity index (χ2v) is 5.09. The van der Waals surface area contributed by atoms with E-state index in [1.807, 2.05) is 13.8 Å². The molecule has 0 aromatic heterocycles. The van der Waals surface area contributed by atoms with Gasteiger partial charge in [-0.1, -0.05) is 13.8 Å². The van der Waals surface area contributed by atoms with E-state index in [0.29, 0.717) is 24.0 Å². The molecule has 0 bridgehead atoms. The third kappa shape index (κ3) is 4.91. The maximum atomic E-state index is 12.5. The topological polar surface area (TPSA) is 84.9 Å². The Bertz CT molecular complexity index is 533. The van der Waals surface area contributed by atoms with E-state index in [-0.39, 0.29) is 5.56 Å². The van der Waals surface area contributed by atoms with E-state index >= 15 is 0 Å². The van der Waals surface area contributed by atoms with Crippen LogP contribution in [0.25, 0.3) is 0 Å². The first-order chi connectivity index (χ1) is 10.4. The minimum atomic E-state index is -1.57. The third-order valence-corrected chi connectivity index (χ3v) is 2.76. The van der Waals surface area contributed by atoms with E-state index in [4.69, 9.17) is 14.6 Å². The molecule has 0 saturated heterocycles. The van der Waals surface area contributed by atoms with Crippen LogP contribution < -0.4 is 14.8 Å². The molecule has 1 rings (SSSR count). The molecule has 0 radical (unpaired) electrons. The predicted octanol–water partition coefficient (Wildman–Crippen LogP) is 1.88. The fourth-order valence-electron chi connectivity index (χ4n) is 1.59. The summed E-state index contributed by atoms with van der Waals surface area (Å²) in [7, 11) is 1.43. The van der Waals surface area contributed by atoms with Gasteiger partial charge in [-0.05, 0) is 24.1 Å². The van der Waals surface area contributed by atoms with Crippen molar-refractivity contribution in [3.8, 4) is 11.5 Å². The summed E-state index contributed by atoms with van der Waals surface area (Å²) in [4.78, 5) is 22.7. The van der Waals surface area contributed by atoms with E-state index in [2.05, 4.69) is 5.32 Å². The van der Waals surface area contributed by atoms with Crippen LogP contribution in [0.1, 0.15) is 24.2 Å². The highest BCUT2D eigenvalue weighted by atomic mass is 19.1. The molecule has 2 N–H and O–H groups in total. The van der Waals surface area contributed by atoms with Crippen molar-refractivity contribution in [1.29, 1.82) is 0 Å². The van der Waals surface area contributed by atoms with Gasteiger partial charge in [0.2, 0.25) is 0 Å². The second-order valence-electron chi connectivity index (χ2n) is 5.09. The van der Waals surface area contributed by atoms with Crippen LogP contribution >= 0.6 is 0 Å². The number of hydrogen-bond donors (Lipinski definition) is 2. The molecule has 1 aromatic carbocycles. The van der Waals surface area contributed by atoms with Gasteiger partial charge in [-0.25, -0.2) is 9.18 Å². The Morgan fingerprint density at radius 2 is 2.00 bits per heavy atom. The molecule has 1 unspecified atom stereocenters. The van der Waals surface area contributed by atoms with Crippen LogP contribution in [0, 0.1) is 5.92 Å². The summed E-state index contributed by atoms with van der Waals surface area (Å²) in [5, 5.41) is 10.8. The van der Waals surface area contributed by atoms with E-state index in [0.717, 1.165) is 0 Å². The summed E-state index contributed by atoms with van der Waals surface area (Å²) in [6.45, 7) is 3.30. The standard InChI is InChI=1S/C15H20FNO5/c1-9(2)8-22-12-5-4-10(6-13(12)21-3)14(18)17-11(7-16)15(19)20/h4-6,9,11H,7-8H2,1-3H3,(H,17,18)(H,19,20). The van der Waals surface area contributed by atoms with E-state index in [1.165, 1.54) is 19.2 Å². The van der Waals surface area contributed by atoms with Gasteiger partial charge >= 0.3 is 5.97 Å². The van der Waals surface area contributed by atoms with Crippen molar-refractivity contribution >= 4 is 11.9 Å². The fourth-order valence-corrected chi connectivity index (χ4v) is 1.59. The van der Waals surface area contributed by atoms with Crippen molar-refractivity contribution in [1.82, 2.24) is 5.32 Å². The highest BCUT2D eigenvalue weighted by molar-refractivity contribution is 5.97. The number of ether oxygens (including phenoxy) is 2. The number of carbonyl (C=O) groups is 2. The Balaban J connectivity index is 2.88. The lowest BCUT2D eigenvalue weighted by Gasteiger charge is -2.14. The van der Waals surface area contributed by atoms with Gasteiger partial charge in [-0.15, -0.1) is 0 Å². The maximum absolute atomic E-state index is 12.5. The number of rotatable bonds is 8. The van der Waals surface area contributed by atoms with Gasteiger partial charge in [0.1, 0.15) is 6.67 Å². The zero-order valence-electron chi connectivity index (χ0n) is 12.8. The smallest absolute Gasteiger partial charge is 0.328 e. The van der Waals surface area contributed by atoms with Gasteiger partial charge in [0.15, 0.2) is 17.5 Å². The van der Waals surface area contributed by atoms with Crippen molar-refractivity contribution in [2.75, 3.05) is 20.4 Å². The zero-order valence-corrected chi connectivity index (χ0v) is 12.8. The molecular formula is C15H20FNO5. The Labute approximate surface area is 128 Å². The number of halogens is 1. The van der Waals surface area contributed by atoms with Crippen LogP contribution in [0.3, 0.4) is 0 Å². The number of aliphatic carboxylic acids is 1. The molecule has 1 aromatic rings. The molecule has 0 saturated carbocycles. The molecule has 22 heavy (non-hydrogen) atoms. The molecule has 122 valence electrons. The Hall–Kier alpha value is -2.31. The Kier molecular flexibility index (Phi) is 6.62. The number of amides is 1. The van der Waals surface area contributed by atoms with Crippen molar-refractivity contribution in [3.05, 3.63) is 23.8 Å². The third-order valence-electron chi connectivity index (χ3n) is 2.76. The van der Waals surface area contributed by atoms with Gasteiger partial charge in [0.25, 0.3) is 5.91 Å². The molecule has 0 aliphatic carbocycles. The number of hydrogen-bond acceptors (Lipinski definition) is 4. The second kappa shape index (κ2) is 8.21. The molecule has 0 spiro atoms. The summed E-state index contributed by atoms with van der Waals surface area (Å²) in [6.07, 6.45) is 0. The zero-order chi connectivity index (χ0) is 16.7. The van der Waals surface area contributed by atoms with Crippen molar-refractivity contribution in [2.24, 2.45) is 5.92 Å². The molecule has 7 heteroatoms. The highest BCUT2D eigenvalue weighted by Crippen LogP contribution is 2.28. The SMILES string of the molecule is COc1cc(C(=O)NC(CF)C(=O)O)ccc1OCC(C)C. The number of nitrogens with one attached hydrogen (secondary N) is 1. The molecular weight excluding hydrogens is 293 g/mol. The number of carbonyl (C=O) groups excluding carboxylic acids is 1. The lowest BCUT2D eigenvalue weighted by atomic mass is 10.1. The molecule has 6 nitrogen and oxygen atoms in total. The minimum Gasteiger partial charge on any atom is -0.493 e. The first kappa shape index (κ1) is 17.7. The van der Waals surface area contributed by atoms with E-state index in [9.17, 15) is 14.0 Å². The van der Waals surface area contributed by atoms with Crippen molar-refractivity contribution in [2.45, 2.75) is 19.9 Å². The number of carboxylic acids is 1. The van der Waals surface area contributed by atoms with Gasteiger partial charge in [0.05, 0.1) is 13.7 Å². The summed E-state index contributed by atoms with van der Waals surface area (Å²) >= 11 is 0. The number of alkyl halides is 1. The number of methoxy groups -OCH3 is 1. The average molecular weight is 313 g/mol. The molecule has 1 amide bonds. The lowest BCUT2D eigenvalue weighted by molar-refractivity contribution is -0.139. The highest BCUT2D eigenvalue weighted by Gasteiger charge is 2.21. The van der Waals surface area contributed by atoms with Crippen LogP contribution in [0.4, 0.5) is 4.39 Å². The predicted molar refractivity (Wildman–Crippen MR) is 78.2 cm³/mol. The monoisotopic (exact) mass is 313 g/mol. The van der Waals surface area contributed by atoms with Gasteiger partial charge < -0.3 is 19.9 Å². The maximum Gasteiger partial charge on any atom is 0.328 e. The quantitative estimate of drug-likeness (QED) is 0.765. The molecule has 0 heterocycles. The fraction of sp³-hybridized carbons (Fsp3) is 0.467. The van der Waals surface area contributed by atoms with Crippen LogP contribution in [0.2, 0.25) is 0 Å². The summed E-state index contributed by atoms with van der Waals surface area (Å²) in [6, 6.07) is 2.86. The lowest BCUT2D eigenvalue weighted by Crippen LogP contribution is -2.42. The summed E-state index contributed by atoms with van der Waals surface area (Å²) < 4.78 is 23.2. The van der Waals surface area contributed by atoms with Crippen molar-refractivity contribution < 1.29 is 28.6 Å². The largest absolute Gasteiger partial charge is 0.493 e. The van der Waals surface area contributed by atoms with E-state index in [1.54, 1.807) is 6.07 Å². The first-order valence-electron chi connectivity index (χ1n) is 6.79. The average Bonchev–Trinajstić information content (AvgIpc) is 2.49. The van der Waals surface area contributed by atoms with Crippen molar-refractivity contribution in [3.63, 3.8) is 0 Å². The molecule has 1 atom stereocenters. The Morgan fingerprint density at radius 3 is 2.50 bits per heavy atom. The summed E-state index contributed by atoms with van der Waals surface area (Å²) in [5.41, 5.74) is 0.161. The van der Waals surface area contributed by atoms with Crippen LogP contribution in [-0.2, 0) is 4.79 Å². The minimum absolute atomic E-state index is 0.161. The molecule has 0 fully saturated rings. The first-order valence-corrected chi connectivity index (χ1v) is 6.79. The van der Waals surface area contributed by atoms with Gasteiger partial charge in [0, 0.05) is 5.56 Å². The summed E-state index contributed by atoms with van der Waals surface area (Å²) in [5.74, 6) is -0.972. The molecule has 0 aliphatic heterocycles. The van der Waals surface area contributed by atoms with Crippen LogP contribution in [0.5, 0.6) is 11.5 Å². The normalized spacial score (nSPS) is 11.9. The van der Waals surface area contributed by atoms with Crippen LogP contribution in [-0.4, -0.2) is 43.4 Å².